The highest BCUT2D eigenvalue weighted by atomic mass is 35.5. The quantitative estimate of drug-likeness (QED) is 0.710. The van der Waals surface area contributed by atoms with E-state index in [1.165, 1.54) is 11.3 Å². The minimum atomic E-state index is -0.446. The molecular weight excluding hydrogens is 214 g/mol. The predicted octanol–water partition coefficient (Wildman–Crippen LogP) is 1.65. The lowest BCUT2D eigenvalue weighted by atomic mass is 10.5. The Bertz CT molecular complexity index is 322. The second kappa shape index (κ2) is 3.71. The zero-order chi connectivity index (χ0) is 9.26. The molecule has 0 amide bonds. The van der Waals surface area contributed by atoms with E-state index in [9.17, 15) is 4.79 Å². The van der Waals surface area contributed by atoms with Gasteiger partial charge in [-0.3, -0.25) is 4.79 Å². The van der Waals surface area contributed by atoms with E-state index in [1.54, 1.807) is 0 Å². The van der Waals surface area contributed by atoms with Crippen LogP contribution >= 0.6 is 22.9 Å². The van der Waals surface area contributed by atoms with Crippen molar-refractivity contribution >= 4 is 29.2 Å². The van der Waals surface area contributed by atoms with Crippen LogP contribution in [0.15, 0.2) is 0 Å². The molecule has 2 heterocycles. The molecule has 13 heavy (non-hydrogen) atoms. The number of nitrogens with zero attached hydrogens (tertiary/aromatic N) is 1. The normalized spacial score (nSPS) is 17.9. The van der Waals surface area contributed by atoms with Crippen molar-refractivity contribution in [3.63, 3.8) is 0 Å². The van der Waals surface area contributed by atoms with Crippen molar-refractivity contribution in [1.29, 1.82) is 0 Å². The van der Waals surface area contributed by atoms with Crippen LogP contribution in [0.5, 0.6) is 0 Å². The number of carbonyl (C=O) groups is 1. The van der Waals surface area contributed by atoms with Gasteiger partial charge in [-0.2, -0.15) is 0 Å². The van der Waals surface area contributed by atoms with E-state index in [4.69, 9.17) is 21.1 Å². The Morgan fingerprint density at radius 3 is 2.77 bits per heavy atom. The largest absolute Gasteiger partial charge is 0.345 e. The van der Waals surface area contributed by atoms with Gasteiger partial charge in [0.05, 0.1) is 18.1 Å². The lowest BCUT2D eigenvalue weighted by Crippen LogP contribution is -1.94. The Morgan fingerprint density at radius 1 is 1.54 bits per heavy atom. The summed E-state index contributed by atoms with van der Waals surface area (Å²) in [6, 6.07) is 0. The van der Waals surface area contributed by atoms with Crippen molar-refractivity contribution in [3.05, 3.63) is 15.0 Å². The van der Waals surface area contributed by atoms with Crippen molar-refractivity contribution < 1.29 is 14.3 Å². The number of hydrogen-bond donors (Lipinski definition) is 0. The minimum absolute atomic E-state index is 0.291. The lowest BCUT2D eigenvalue weighted by molar-refractivity contribution is -0.0413. The highest BCUT2D eigenvalue weighted by Crippen LogP contribution is 2.33. The SMILES string of the molecule is O=Cc1nc(Cl)c(C2OCCO2)s1. The number of hydrogen-bond acceptors (Lipinski definition) is 5. The van der Waals surface area contributed by atoms with E-state index in [1.807, 2.05) is 0 Å². The summed E-state index contributed by atoms with van der Waals surface area (Å²) in [5.74, 6) is 0. The van der Waals surface area contributed by atoms with Gasteiger partial charge in [-0.15, -0.1) is 11.3 Å². The van der Waals surface area contributed by atoms with Crippen LogP contribution in [0.3, 0.4) is 0 Å². The Balaban J connectivity index is 2.27. The third-order valence-electron chi connectivity index (χ3n) is 1.56. The first-order chi connectivity index (χ1) is 6.31. The van der Waals surface area contributed by atoms with Gasteiger partial charge in [0.1, 0.15) is 5.15 Å². The van der Waals surface area contributed by atoms with Crippen molar-refractivity contribution in [2.24, 2.45) is 0 Å². The van der Waals surface area contributed by atoms with E-state index in [0.29, 0.717) is 34.5 Å². The summed E-state index contributed by atoms with van der Waals surface area (Å²) in [6.45, 7) is 1.10. The monoisotopic (exact) mass is 219 g/mol. The zero-order valence-corrected chi connectivity index (χ0v) is 8.10. The van der Waals surface area contributed by atoms with Crippen LogP contribution < -0.4 is 0 Å². The summed E-state index contributed by atoms with van der Waals surface area (Å²) < 4.78 is 10.5. The van der Waals surface area contributed by atoms with Crippen molar-refractivity contribution in [2.75, 3.05) is 13.2 Å². The molecule has 0 bridgehead atoms. The van der Waals surface area contributed by atoms with Crippen LogP contribution in [-0.2, 0) is 9.47 Å². The van der Waals surface area contributed by atoms with Gasteiger partial charge >= 0.3 is 0 Å². The molecule has 0 aliphatic carbocycles. The number of carbonyl (C=O) groups excluding carboxylic acids is 1. The van der Waals surface area contributed by atoms with Crippen LogP contribution in [0.2, 0.25) is 5.15 Å². The highest BCUT2D eigenvalue weighted by Gasteiger charge is 2.24. The number of ether oxygens (including phenoxy) is 2. The zero-order valence-electron chi connectivity index (χ0n) is 6.53. The molecule has 0 N–H and O–H groups in total. The highest BCUT2D eigenvalue weighted by molar-refractivity contribution is 7.13. The predicted molar refractivity (Wildman–Crippen MR) is 47.2 cm³/mol. The first-order valence-corrected chi connectivity index (χ1v) is 4.85. The molecule has 1 aliphatic heterocycles. The van der Waals surface area contributed by atoms with Gasteiger partial charge in [-0.1, -0.05) is 11.6 Å². The molecule has 0 aromatic carbocycles. The summed E-state index contributed by atoms with van der Waals surface area (Å²) >= 11 is 6.98. The van der Waals surface area contributed by atoms with Crippen molar-refractivity contribution in [3.8, 4) is 0 Å². The Labute approximate surface area is 83.4 Å². The van der Waals surface area contributed by atoms with E-state index < -0.39 is 6.29 Å². The van der Waals surface area contributed by atoms with Crippen LogP contribution in [0.1, 0.15) is 21.0 Å². The fraction of sp³-hybridized carbons (Fsp3) is 0.429. The lowest BCUT2D eigenvalue weighted by Gasteiger charge is -2.04. The molecule has 1 aliphatic rings. The fourth-order valence-electron chi connectivity index (χ4n) is 1.03. The Morgan fingerprint density at radius 2 is 2.23 bits per heavy atom. The number of aldehydes is 1. The third-order valence-corrected chi connectivity index (χ3v) is 2.97. The molecule has 0 unspecified atom stereocenters. The van der Waals surface area contributed by atoms with Gasteiger partial charge in [-0.25, -0.2) is 4.98 Å². The summed E-state index contributed by atoms with van der Waals surface area (Å²) in [5, 5.41) is 0.637. The van der Waals surface area contributed by atoms with Crippen LogP contribution in [0.4, 0.5) is 0 Å². The van der Waals surface area contributed by atoms with Crippen LogP contribution in [0.25, 0.3) is 0 Å². The molecule has 0 atom stereocenters. The van der Waals surface area contributed by atoms with E-state index in [0.717, 1.165) is 0 Å². The maximum Gasteiger partial charge on any atom is 0.196 e. The second-order valence-corrected chi connectivity index (χ2v) is 3.82. The number of aromatic nitrogens is 1. The molecule has 4 nitrogen and oxygen atoms in total. The van der Waals surface area contributed by atoms with Gasteiger partial charge in [0.2, 0.25) is 0 Å². The first kappa shape index (κ1) is 9.08. The van der Waals surface area contributed by atoms with Gasteiger partial charge in [0, 0.05) is 0 Å². The Hall–Kier alpha value is -0.490. The maximum absolute atomic E-state index is 10.4. The third kappa shape index (κ3) is 1.73. The topological polar surface area (TPSA) is 48.4 Å². The summed E-state index contributed by atoms with van der Waals surface area (Å²) in [4.78, 5) is 14.9. The number of rotatable bonds is 2. The summed E-state index contributed by atoms with van der Waals surface area (Å²) in [7, 11) is 0. The maximum atomic E-state index is 10.4. The molecule has 0 spiro atoms. The number of thiazole rings is 1. The molecule has 6 heteroatoms. The first-order valence-electron chi connectivity index (χ1n) is 3.66. The van der Waals surface area contributed by atoms with Crippen molar-refractivity contribution in [2.45, 2.75) is 6.29 Å². The molecule has 0 radical (unpaired) electrons. The molecule has 1 aromatic heterocycles. The van der Waals surface area contributed by atoms with Crippen LogP contribution in [-0.4, -0.2) is 24.5 Å². The fourth-order valence-corrected chi connectivity index (χ4v) is 2.15. The molecular formula is C7H6ClNO3S. The molecule has 2 rings (SSSR count). The molecule has 70 valence electrons. The minimum Gasteiger partial charge on any atom is -0.345 e. The van der Waals surface area contributed by atoms with E-state index >= 15 is 0 Å². The summed E-state index contributed by atoms with van der Waals surface area (Å²) in [6.07, 6.45) is 0.216. The molecule has 0 saturated carbocycles. The van der Waals surface area contributed by atoms with Crippen LogP contribution in [0, 0.1) is 0 Å². The smallest absolute Gasteiger partial charge is 0.196 e. The second-order valence-electron chi connectivity index (χ2n) is 2.40. The number of halogens is 1. The molecule has 1 saturated heterocycles. The molecule has 1 fully saturated rings. The van der Waals surface area contributed by atoms with Crippen molar-refractivity contribution in [1.82, 2.24) is 4.98 Å². The van der Waals surface area contributed by atoms with Gasteiger partial charge in [-0.05, 0) is 0 Å². The Kier molecular flexibility index (Phi) is 2.59. The van der Waals surface area contributed by atoms with Gasteiger partial charge < -0.3 is 9.47 Å². The van der Waals surface area contributed by atoms with E-state index in [2.05, 4.69) is 4.98 Å². The summed E-state index contributed by atoms with van der Waals surface area (Å²) in [5.41, 5.74) is 0. The molecule has 1 aromatic rings. The van der Waals surface area contributed by atoms with Gasteiger partial charge in [0.25, 0.3) is 0 Å². The average Bonchev–Trinajstić information content (AvgIpc) is 2.72. The van der Waals surface area contributed by atoms with E-state index in [-0.39, 0.29) is 0 Å². The van der Waals surface area contributed by atoms with Gasteiger partial charge in [0.15, 0.2) is 17.6 Å². The average molecular weight is 220 g/mol. The standard InChI is InChI=1S/C7H6ClNO3S/c8-6-5(7-11-1-2-12-7)13-4(3-10)9-6/h3,7H,1-2H2.